The number of nitrogens with one attached hydrogen (secondary N) is 1. The van der Waals surface area contributed by atoms with E-state index >= 15 is 0 Å². The van der Waals surface area contributed by atoms with Gasteiger partial charge < -0.3 is 19.5 Å². The highest BCUT2D eigenvalue weighted by Crippen LogP contribution is 2.43. The predicted octanol–water partition coefficient (Wildman–Crippen LogP) is 5.03. The van der Waals surface area contributed by atoms with E-state index < -0.39 is 17.1 Å². The van der Waals surface area contributed by atoms with Crippen LogP contribution in [-0.2, 0) is 0 Å². The Labute approximate surface area is 220 Å². The van der Waals surface area contributed by atoms with E-state index in [0.717, 1.165) is 0 Å². The van der Waals surface area contributed by atoms with Gasteiger partial charge in [-0.25, -0.2) is 14.6 Å². The van der Waals surface area contributed by atoms with Crippen LogP contribution in [0, 0.1) is 10.1 Å². The third-order valence-electron chi connectivity index (χ3n) is 5.63. The van der Waals surface area contributed by atoms with Gasteiger partial charge in [-0.2, -0.15) is 5.10 Å². The van der Waals surface area contributed by atoms with E-state index in [2.05, 4.69) is 29.9 Å². The second kappa shape index (κ2) is 8.98. The molecule has 196 valence electrons. The number of nitro groups is 1. The molecular formula is C24H14F2N6O6S. The fraction of sp³-hybridized carbons (Fsp3) is 0.0833. The molecule has 3 aromatic heterocycles. The Balaban J connectivity index is 1.46. The zero-order valence-electron chi connectivity index (χ0n) is 19.6. The monoisotopic (exact) mass is 552 g/mol. The summed E-state index contributed by atoms with van der Waals surface area (Å²) in [6.07, 6.45) is -2.35. The van der Waals surface area contributed by atoms with E-state index in [9.17, 15) is 23.7 Å². The number of hydrogen-bond acceptors (Lipinski definition) is 10. The lowest BCUT2D eigenvalue weighted by Gasteiger charge is -2.10. The Morgan fingerprint density at radius 3 is 2.59 bits per heavy atom. The average molecular weight is 552 g/mol. The van der Waals surface area contributed by atoms with Gasteiger partial charge in [-0.05, 0) is 48.5 Å². The summed E-state index contributed by atoms with van der Waals surface area (Å²) >= 11 is 0.704. The summed E-state index contributed by atoms with van der Waals surface area (Å²) in [5.41, 5.74) is 1.20. The molecule has 0 saturated carbocycles. The molecule has 15 heteroatoms. The first kappa shape index (κ1) is 24.2. The van der Waals surface area contributed by atoms with Crippen molar-refractivity contribution in [3.8, 4) is 34.3 Å². The molecule has 39 heavy (non-hydrogen) atoms. The first-order chi connectivity index (χ1) is 18.7. The molecule has 0 aliphatic carbocycles. The van der Waals surface area contributed by atoms with Gasteiger partial charge in [0.05, 0.1) is 34.2 Å². The summed E-state index contributed by atoms with van der Waals surface area (Å²) in [6.45, 7) is 0. The summed E-state index contributed by atoms with van der Waals surface area (Å²) in [7, 11) is 1.54. The average Bonchev–Trinajstić information content (AvgIpc) is 3.64. The highest BCUT2D eigenvalue weighted by Gasteiger charge is 2.43. The molecule has 0 bridgehead atoms. The quantitative estimate of drug-likeness (QED) is 0.226. The third-order valence-corrected chi connectivity index (χ3v) is 6.67. The number of anilines is 1. The van der Waals surface area contributed by atoms with Crippen molar-refractivity contribution in [3.05, 3.63) is 75.8 Å². The number of hydrogen-bond donors (Lipinski definition) is 1. The van der Waals surface area contributed by atoms with Gasteiger partial charge in [0.25, 0.3) is 5.91 Å². The van der Waals surface area contributed by atoms with Crippen molar-refractivity contribution in [1.82, 2.24) is 19.7 Å². The van der Waals surface area contributed by atoms with Gasteiger partial charge in [-0.15, -0.1) is 8.78 Å². The lowest BCUT2D eigenvalue weighted by Crippen LogP contribution is -2.25. The Bertz CT molecular complexity index is 1770. The van der Waals surface area contributed by atoms with Crippen molar-refractivity contribution in [2.24, 2.45) is 0 Å². The minimum atomic E-state index is -3.80. The normalized spacial score (nSPS) is 13.4. The van der Waals surface area contributed by atoms with Crippen molar-refractivity contribution in [3.63, 3.8) is 0 Å². The van der Waals surface area contributed by atoms with Crippen LogP contribution in [0.3, 0.4) is 0 Å². The van der Waals surface area contributed by atoms with E-state index in [1.54, 1.807) is 24.3 Å². The smallest absolute Gasteiger partial charge is 0.497 e. The summed E-state index contributed by atoms with van der Waals surface area (Å²) < 4.78 is 42.9. The van der Waals surface area contributed by atoms with Gasteiger partial charge in [0.1, 0.15) is 11.6 Å². The Kier molecular flexibility index (Phi) is 5.57. The SMILES string of the molecule is COc1ccc(-n2ncc3c(NC(=O)c4ccc([N+](=O)[O-])s4)nc(-c4ccc5c(c4)OC(F)(F)O5)nc32)cc1. The predicted molar refractivity (Wildman–Crippen MR) is 134 cm³/mol. The minimum absolute atomic E-state index is 0.0545. The van der Waals surface area contributed by atoms with Gasteiger partial charge in [-0.3, -0.25) is 14.9 Å². The van der Waals surface area contributed by atoms with Crippen LogP contribution in [0.1, 0.15) is 9.67 Å². The molecule has 0 fully saturated rings. The molecule has 1 amide bonds. The molecule has 0 saturated heterocycles. The van der Waals surface area contributed by atoms with Crippen LogP contribution in [0.25, 0.3) is 28.1 Å². The van der Waals surface area contributed by atoms with Crippen LogP contribution >= 0.6 is 11.3 Å². The third kappa shape index (κ3) is 4.44. The number of thiophene rings is 1. The van der Waals surface area contributed by atoms with Gasteiger partial charge in [-0.1, -0.05) is 11.3 Å². The molecule has 0 atom stereocenters. The molecule has 0 radical (unpaired) electrons. The molecule has 2 aromatic carbocycles. The second-order valence-corrected chi connectivity index (χ2v) is 9.13. The fourth-order valence-electron chi connectivity index (χ4n) is 3.85. The van der Waals surface area contributed by atoms with Crippen molar-refractivity contribution in [2.45, 2.75) is 6.29 Å². The molecule has 6 rings (SSSR count). The second-order valence-electron chi connectivity index (χ2n) is 8.07. The van der Waals surface area contributed by atoms with Gasteiger partial charge in [0, 0.05) is 11.6 Å². The standard InChI is InChI=1S/C24H14F2N6O6S/c1-36-14-5-3-13(4-6-14)31-22-15(11-27-31)21(30-23(33)18-8-9-19(39-18)32(34)35)28-20(29-22)12-2-7-16-17(10-12)38-24(25,26)37-16/h2-11H,1H3,(H,28,29,30,33). The number of fused-ring (bicyclic) bond motifs is 2. The summed E-state index contributed by atoms with van der Waals surface area (Å²) in [5, 5.41) is 18.3. The maximum Gasteiger partial charge on any atom is 0.586 e. The Morgan fingerprint density at radius 2 is 1.87 bits per heavy atom. The van der Waals surface area contributed by atoms with Crippen LogP contribution in [0.15, 0.2) is 60.8 Å². The van der Waals surface area contributed by atoms with E-state index in [1.165, 1.54) is 48.3 Å². The highest BCUT2D eigenvalue weighted by molar-refractivity contribution is 7.17. The summed E-state index contributed by atoms with van der Waals surface area (Å²) in [5.74, 6) is -0.254. The van der Waals surface area contributed by atoms with Gasteiger partial charge >= 0.3 is 11.3 Å². The maximum atomic E-state index is 13.6. The number of amides is 1. The fourth-order valence-corrected chi connectivity index (χ4v) is 4.57. The molecule has 0 unspecified atom stereocenters. The number of ether oxygens (including phenoxy) is 3. The van der Waals surface area contributed by atoms with E-state index in [-0.39, 0.29) is 33.0 Å². The molecule has 5 aromatic rings. The minimum Gasteiger partial charge on any atom is -0.497 e. The largest absolute Gasteiger partial charge is 0.586 e. The van der Waals surface area contributed by atoms with Crippen LogP contribution in [0.2, 0.25) is 0 Å². The molecule has 12 nitrogen and oxygen atoms in total. The number of benzene rings is 2. The molecule has 1 aliphatic heterocycles. The van der Waals surface area contributed by atoms with Crippen molar-refractivity contribution in [2.75, 3.05) is 12.4 Å². The van der Waals surface area contributed by atoms with Crippen molar-refractivity contribution in [1.29, 1.82) is 0 Å². The number of methoxy groups -OCH3 is 1. The van der Waals surface area contributed by atoms with Crippen LogP contribution in [0.4, 0.5) is 19.6 Å². The van der Waals surface area contributed by atoms with Crippen molar-refractivity contribution < 1.29 is 32.7 Å². The van der Waals surface area contributed by atoms with Crippen molar-refractivity contribution >= 4 is 39.1 Å². The lowest BCUT2D eigenvalue weighted by atomic mass is 10.2. The molecule has 1 N–H and O–H groups in total. The highest BCUT2D eigenvalue weighted by atomic mass is 32.1. The van der Waals surface area contributed by atoms with E-state index in [1.807, 2.05) is 0 Å². The zero-order valence-corrected chi connectivity index (χ0v) is 20.4. The number of aromatic nitrogens is 4. The Morgan fingerprint density at radius 1 is 1.10 bits per heavy atom. The summed E-state index contributed by atoms with van der Waals surface area (Å²) in [6, 6.07) is 13.6. The molecule has 0 spiro atoms. The van der Waals surface area contributed by atoms with Crippen LogP contribution in [-0.4, -0.2) is 44.0 Å². The first-order valence-corrected chi connectivity index (χ1v) is 11.9. The number of carbonyl (C=O) groups excluding carboxylic acids is 1. The number of carbonyl (C=O) groups is 1. The molecule has 4 heterocycles. The number of nitrogens with zero attached hydrogens (tertiary/aromatic N) is 5. The molecular weight excluding hydrogens is 538 g/mol. The summed E-state index contributed by atoms with van der Waals surface area (Å²) in [4.78, 5) is 32.5. The zero-order chi connectivity index (χ0) is 27.3. The van der Waals surface area contributed by atoms with Gasteiger partial charge in [0.15, 0.2) is 23.0 Å². The molecule has 1 aliphatic rings. The first-order valence-electron chi connectivity index (χ1n) is 11.1. The number of alkyl halides is 2. The van der Waals surface area contributed by atoms with Crippen LogP contribution in [0.5, 0.6) is 17.2 Å². The number of rotatable bonds is 6. The number of halogens is 2. The van der Waals surface area contributed by atoms with E-state index in [4.69, 9.17) is 4.74 Å². The topological polar surface area (TPSA) is 144 Å². The lowest BCUT2D eigenvalue weighted by molar-refractivity contribution is -0.380. The Hall–Kier alpha value is -5.18. The van der Waals surface area contributed by atoms with Crippen LogP contribution < -0.4 is 19.5 Å². The maximum absolute atomic E-state index is 13.6. The van der Waals surface area contributed by atoms with E-state index in [0.29, 0.717) is 39.4 Å². The van der Waals surface area contributed by atoms with Gasteiger partial charge in [0.2, 0.25) is 0 Å².